The molecule has 4 rings (SSSR count). The number of alkyl halides is 14. The maximum absolute atomic E-state index is 13.8. The highest BCUT2D eigenvalue weighted by atomic mass is 19.4. The van der Waals surface area contributed by atoms with E-state index in [-0.39, 0.29) is 0 Å². The Morgan fingerprint density at radius 2 is 0.408 bits per heavy atom. The summed E-state index contributed by atoms with van der Waals surface area (Å²) in [6, 6.07) is 1.64. The third-order valence-corrected chi connectivity index (χ3v) is 6.27. The lowest BCUT2D eigenvalue weighted by Crippen LogP contribution is -2.66. The molecular weight excluding hydrogens is 694 g/mol. The van der Waals surface area contributed by atoms with Crippen LogP contribution in [0.15, 0.2) is 121 Å². The molecule has 0 fully saturated rings. The number of halogens is 14. The molecule has 0 saturated heterocycles. The van der Waals surface area contributed by atoms with Crippen molar-refractivity contribution >= 4 is 22.7 Å². The fourth-order valence-electron chi connectivity index (χ4n) is 3.72. The quantitative estimate of drug-likeness (QED) is 0.0821. The summed E-state index contributed by atoms with van der Waals surface area (Å²) in [5, 5.41) is 4.05. The Morgan fingerprint density at radius 1 is 0.245 bits per heavy atom. The lowest BCUT2D eigenvalue weighted by molar-refractivity contribution is -0.353. The highest BCUT2D eigenvalue weighted by Gasteiger charge is 2.81. The van der Waals surface area contributed by atoms with Crippen LogP contribution in [0.25, 0.3) is 0 Å². The largest absolute Gasteiger partial charge is 0.411 e. The molecule has 0 aliphatic carbocycles. The van der Waals surface area contributed by atoms with E-state index in [9.17, 15) is 61.5 Å². The SMILES string of the molecule is FC(F)(Nc1ccccc1)C(F)(F)C(F)(F)C(F)(F)Nc1ccccc1.FC(F)(Nc1ccccc1)C(F)(F)C(F)(F)Nc1ccccc1. The van der Waals surface area contributed by atoms with Crippen molar-refractivity contribution in [2.24, 2.45) is 0 Å². The lowest BCUT2D eigenvalue weighted by Gasteiger charge is -2.37. The monoisotopic (exact) mass is 718 g/mol. The summed E-state index contributed by atoms with van der Waals surface area (Å²) < 4.78 is 192. The van der Waals surface area contributed by atoms with Crippen molar-refractivity contribution in [1.82, 2.24) is 0 Å². The van der Waals surface area contributed by atoms with E-state index in [2.05, 4.69) is 0 Å². The lowest BCUT2D eigenvalue weighted by atomic mass is 10.1. The van der Waals surface area contributed by atoms with Crippen molar-refractivity contribution in [3.8, 4) is 0 Å². The van der Waals surface area contributed by atoms with E-state index in [0.717, 1.165) is 69.8 Å². The Hall–Kier alpha value is -4.90. The number of para-hydroxylation sites is 4. The van der Waals surface area contributed by atoms with Gasteiger partial charge in [-0.1, -0.05) is 72.8 Å². The highest BCUT2D eigenvalue weighted by molar-refractivity contribution is 5.48. The van der Waals surface area contributed by atoms with Crippen LogP contribution in [-0.4, -0.2) is 42.0 Å². The smallest absolute Gasteiger partial charge is 0.322 e. The second kappa shape index (κ2) is 14.3. The van der Waals surface area contributed by atoms with Gasteiger partial charge in [0.15, 0.2) is 0 Å². The highest BCUT2D eigenvalue weighted by Crippen LogP contribution is 2.52. The van der Waals surface area contributed by atoms with Crippen LogP contribution in [0, 0.1) is 0 Å². The van der Waals surface area contributed by atoms with Gasteiger partial charge in [0.25, 0.3) is 0 Å². The minimum absolute atomic E-state index is 0.410. The number of hydrogen-bond acceptors (Lipinski definition) is 4. The average Bonchev–Trinajstić information content (AvgIpc) is 3.02. The van der Waals surface area contributed by atoms with Crippen molar-refractivity contribution < 1.29 is 61.5 Å². The van der Waals surface area contributed by atoms with Crippen LogP contribution < -0.4 is 21.3 Å². The zero-order valence-electron chi connectivity index (χ0n) is 24.3. The Morgan fingerprint density at radius 3 is 0.592 bits per heavy atom. The van der Waals surface area contributed by atoms with Gasteiger partial charge in [-0.2, -0.15) is 61.5 Å². The molecule has 18 heteroatoms. The molecule has 49 heavy (non-hydrogen) atoms. The molecule has 0 aliphatic heterocycles. The van der Waals surface area contributed by atoms with Crippen LogP contribution in [0.5, 0.6) is 0 Å². The van der Waals surface area contributed by atoms with Crippen molar-refractivity contribution in [3.05, 3.63) is 121 Å². The number of benzene rings is 4. The molecule has 4 nitrogen and oxygen atoms in total. The molecule has 0 heterocycles. The molecular formula is C31H24F14N4. The predicted molar refractivity (Wildman–Crippen MR) is 155 cm³/mol. The topological polar surface area (TPSA) is 48.1 Å². The van der Waals surface area contributed by atoms with Crippen molar-refractivity contribution in [2.75, 3.05) is 21.3 Å². The fourth-order valence-corrected chi connectivity index (χ4v) is 3.72. The normalized spacial score (nSPS) is 13.1. The number of anilines is 4. The van der Waals surface area contributed by atoms with Gasteiger partial charge in [0.05, 0.1) is 0 Å². The third kappa shape index (κ3) is 8.58. The molecule has 0 spiro atoms. The summed E-state index contributed by atoms with van der Waals surface area (Å²) in [6.45, 7) is 0. The van der Waals surface area contributed by atoms with Crippen LogP contribution in [0.3, 0.4) is 0 Å². The summed E-state index contributed by atoms with van der Waals surface area (Å²) in [6.07, 6.45) is 0. The van der Waals surface area contributed by atoms with Gasteiger partial charge in [-0.3, -0.25) is 0 Å². The van der Waals surface area contributed by atoms with E-state index < -0.39 is 64.7 Å². The van der Waals surface area contributed by atoms with Gasteiger partial charge < -0.3 is 21.3 Å². The molecule has 4 aromatic rings. The van der Waals surface area contributed by atoms with Crippen molar-refractivity contribution in [1.29, 1.82) is 0 Å². The molecule has 266 valence electrons. The van der Waals surface area contributed by atoms with Gasteiger partial charge in [-0.05, 0) is 48.5 Å². The second-order valence-electron chi connectivity index (χ2n) is 9.98. The summed E-state index contributed by atoms with van der Waals surface area (Å²) in [5.41, 5.74) is -2.11. The summed E-state index contributed by atoms with van der Waals surface area (Å²) in [4.78, 5) is 0. The Bertz CT molecular complexity index is 1470. The summed E-state index contributed by atoms with van der Waals surface area (Å²) in [7, 11) is 0. The molecule has 0 amide bonds. The maximum Gasteiger partial charge on any atom is 0.411 e. The van der Waals surface area contributed by atoms with Crippen LogP contribution in [-0.2, 0) is 0 Å². The van der Waals surface area contributed by atoms with Crippen molar-refractivity contribution in [3.63, 3.8) is 0 Å². The molecule has 0 radical (unpaired) electrons. The van der Waals surface area contributed by atoms with Gasteiger partial charge in [0.2, 0.25) is 0 Å². The summed E-state index contributed by atoms with van der Waals surface area (Å²) >= 11 is 0. The Labute approximate surface area is 269 Å². The molecule has 0 atom stereocenters. The van der Waals surface area contributed by atoms with Gasteiger partial charge in [0.1, 0.15) is 0 Å². The molecule has 0 saturated carbocycles. The average molecular weight is 719 g/mol. The number of nitrogens with one attached hydrogen (secondary N) is 4. The van der Waals surface area contributed by atoms with Crippen LogP contribution in [0.4, 0.5) is 84.2 Å². The van der Waals surface area contributed by atoms with E-state index >= 15 is 0 Å². The van der Waals surface area contributed by atoms with Gasteiger partial charge in [-0.25, -0.2) is 0 Å². The van der Waals surface area contributed by atoms with Gasteiger partial charge in [0, 0.05) is 22.7 Å². The minimum atomic E-state index is -6.43. The Kier molecular flexibility index (Phi) is 11.2. The maximum atomic E-state index is 13.8. The number of rotatable bonds is 13. The Balaban J connectivity index is 0.000000267. The van der Waals surface area contributed by atoms with E-state index in [1.54, 1.807) is 0 Å². The van der Waals surface area contributed by atoms with Gasteiger partial charge >= 0.3 is 42.0 Å². The van der Waals surface area contributed by atoms with E-state index in [0.29, 0.717) is 0 Å². The van der Waals surface area contributed by atoms with Crippen LogP contribution in [0.2, 0.25) is 0 Å². The molecule has 0 bridgehead atoms. The van der Waals surface area contributed by atoms with Crippen LogP contribution in [0.1, 0.15) is 0 Å². The molecule has 0 unspecified atom stereocenters. The minimum Gasteiger partial charge on any atom is -0.322 e. The first-order valence-electron chi connectivity index (χ1n) is 13.5. The molecule has 0 aliphatic rings. The van der Waals surface area contributed by atoms with E-state index in [1.165, 1.54) is 72.8 Å². The van der Waals surface area contributed by atoms with Crippen LogP contribution >= 0.6 is 0 Å². The zero-order valence-corrected chi connectivity index (χ0v) is 24.3. The molecule has 4 N–H and O–H groups in total. The molecule has 0 aromatic heterocycles. The third-order valence-electron chi connectivity index (χ3n) is 6.27. The summed E-state index contributed by atoms with van der Waals surface area (Å²) in [5.74, 6) is -18.5. The fraction of sp³-hybridized carbons (Fsp3) is 0.226. The zero-order chi connectivity index (χ0) is 36.8. The second-order valence-corrected chi connectivity index (χ2v) is 9.98. The van der Waals surface area contributed by atoms with Crippen molar-refractivity contribution in [2.45, 2.75) is 42.0 Å². The van der Waals surface area contributed by atoms with Gasteiger partial charge in [-0.15, -0.1) is 0 Å². The first-order valence-corrected chi connectivity index (χ1v) is 13.5. The first-order chi connectivity index (χ1) is 22.6. The van der Waals surface area contributed by atoms with E-state index in [1.807, 2.05) is 0 Å². The van der Waals surface area contributed by atoms with E-state index in [4.69, 9.17) is 0 Å². The number of hydrogen-bond donors (Lipinski definition) is 4. The first kappa shape index (κ1) is 38.5. The molecule has 4 aromatic carbocycles. The standard InChI is InChI=1S/C16H12F8N2.C15H12F6N2/c17-13(18,15(21,22)25-11-7-3-1-4-8-11)14(19,20)16(23,24)26-12-9-5-2-6-10-12;16-13(17,14(18,19)22-11-7-3-1-4-8-11)15(20,21)23-12-9-5-2-6-10-12/h1-10,25-26H;1-10,22-23H. The predicted octanol–water partition coefficient (Wildman–Crippen LogP) is 10.7.